The quantitative estimate of drug-likeness (QED) is 0.174. The molecular weight excluding hydrogens is 384 g/mol. The van der Waals surface area contributed by atoms with Crippen LogP contribution in [-0.4, -0.2) is 24.3 Å². The average Bonchev–Trinajstić information content (AvgIpc) is 3.47. The van der Waals surface area contributed by atoms with Gasteiger partial charge in [0.2, 0.25) is 0 Å². The minimum Gasteiger partial charge on any atom is -0.457 e. The highest BCUT2D eigenvalue weighted by molar-refractivity contribution is 5.69. The molecule has 3 nitrogen and oxygen atoms in total. The van der Waals surface area contributed by atoms with Crippen LogP contribution in [0.3, 0.4) is 0 Å². The van der Waals surface area contributed by atoms with E-state index in [-0.39, 0.29) is 18.0 Å². The summed E-state index contributed by atoms with van der Waals surface area (Å²) in [6.07, 6.45) is 20.1. The third-order valence-corrected chi connectivity index (χ3v) is 6.82. The Morgan fingerprint density at radius 2 is 2.03 bits per heavy atom. The molecule has 2 aliphatic rings. The second kappa shape index (κ2) is 13.3. The van der Waals surface area contributed by atoms with Gasteiger partial charge in [-0.05, 0) is 55.9 Å². The van der Waals surface area contributed by atoms with E-state index in [0.29, 0.717) is 36.4 Å². The van der Waals surface area contributed by atoms with E-state index in [2.05, 4.69) is 71.9 Å². The minimum absolute atomic E-state index is 0.0679. The number of allylic oxidation sites excluding steroid dienone is 4. The molecule has 7 unspecified atom stereocenters. The highest BCUT2D eigenvalue weighted by Gasteiger charge is 2.42. The number of epoxide rings is 1. The predicted molar refractivity (Wildman–Crippen MR) is 130 cm³/mol. The summed E-state index contributed by atoms with van der Waals surface area (Å²) in [6, 6.07) is 0. The molecule has 2 rings (SSSR count). The molecule has 0 N–H and O–H groups in total. The molecule has 7 atom stereocenters. The summed E-state index contributed by atoms with van der Waals surface area (Å²) in [4.78, 5) is 12.4. The Labute approximate surface area is 191 Å². The van der Waals surface area contributed by atoms with Crippen LogP contribution in [0.1, 0.15) is 92.9 Å². The van der Waals surface area contributed by atoms with Gasteiger partial charge in [-0.25, -0.2) is 0 Å². The van der Waals surface area contributed by atoms with Gasteiger partial charge in [-0.1, -0.05) is 84.3 Å². The number of hydrogen-bond donors (Lipinski definition) is 0. The predicted octanol–water partition coefficient (Wildman–Crippen LogP) is 7.42. The largest absolute Gasteiger partial charge is 0.457 e. The molecule has 1 saturated heterocycles. The number of ether oxygens (including phenoxy) is 2. The lowest BCUT2D eigenvalue weighted by Crippen LogP contribution is -2.25. The lowest BCUT2D eigenvalue weighted by Gasteiger charge is -2.24. The summed E-state index contributed by atoms with van der Waals surface area (Å²) in [5.74, 6) is 1.94. The Bertz CT molecular complexity index is 632. The zero-order valence-corrected chi connectivity index (χ0v) is 20.8. The first-order chi connectivity index (χ1) is 14.8. The molecule has 0 aromatic heterocycles. The van der Waals surface area contributed by atoms with Crippen LogP contribution in [0.5, 0.6) is 0 Å². The second-order valence-electron chi connectivity index (χ2n) is 10.2. The van der Waals surface area contributed by atoms with Crippen molar-refractivity contribution in [3.05, 3.63) is 36.0 Å². The van der Waals surface area contributed by atoms with Gasteiger partial charge in [0.05, 0.1) is 12.2 Å². The SMILES string of the molecule is CCCC(C)C1OC1CC(C)C=CC=C(C)C1OC(=O)CCCCC(C)CC=CC1C. The van der Waals surface area contributed by atoms with Gasteiger partial charge in [0.1, 0.15) is 6.10 Å². The third kappa shape index (κ3) is 9.35. The first-order valence-electron chi connectivity index (χ1n) is 12.7. The van der Waals surface area contributed by atoms with E-state index in [9.17, 15) is 4.79 Å². The Kier molecular flexibility index (Phi) is 11.1. The van der Waals surface area contributed by atoms with Crippen LogP contribution in [0.2, 0.25) is 0 Å². The molecule has 31 heavy (non-hydrogen) atoms. The normalized spacial score (nSPS) is 32.8. The second-order valence-corrected chi connectivity index (χ2v) is 10.2. The lowest BCUT2D eigenvalue weighted by molar-refractivity contribution is -0.148. The molecule has 3 heteroatoms. The highest BCUT2D eigenvalue weighted by Crippen LogP contribution is 2.36. The van der Waals surface area contributed by atoms with Crippen molar-refractivity contribution in [3.63, 3.8) is 0 Å². The Morgan fingerprint density at radius 3 is 2.77 bits per heavy atom. The molecule has 0 spiro atoms. The average molecular weight is 431 g/mol. The lowest BCUT2D eigenvalue weighted by atomic mass is 9.93. The van der Waals surface area contributed by atoms with Crippen molar-refractivity contribution in [1.29, 1.82) is 0 Å². The van der Waals surface area contributed by atoms with Crippen molar-refractivity contribution in [3.8, 4) is 0 Å². The summed E-state index contributed by atoms with van der Waals surface area (Å²) in [6.45, 7) is 13.3. The van der Waals surface area contributed by atoms with Crippen molar-refractivity contribution >= 4 is 5.97 Å². The maximum atomic E-state index is 12.4. The molecule has 0 bridgehead atoms. The Balaban J connectivity index is 1.93. The molecule has 176 valence electrons. The van der Waals surface area contributed by atoms with Gasteiger partial charge < -0.3 is 9.47 Å². The Morgan fingerprint density at radius 1 is 1.26 bits per heavy atom. The summed E-state index contributed by atoms with van der Waals surface area (Å²) >= 11 is 0. The fourth-order valence-corrected chi connectivity index (χ4v) is 4.73. The van der Waals surface area contributed by atoms with Gasteiger partial charge in [0, 0.05) is 12.3 Å². The standard InChI is InChI=1S/C28H46O3/c1-7-12-22(4)28-25(30-28)19-21(3)15-11-17-24(6)27-23(5)16-10-14-20(2)13-8-9-18-26(29)31-27/h10-11,15-17,20-23,25,27-28H,7-9,12-14,18-19H2,1-6H3. The van der Waals surface area contributed by atoms with E-state index >= 15 is 0 Å². The number of rotatable bonds is 8. The fourth-order valence-electron chi connectivity index (χ4n) is 4.73. The van der Waals surface area contributed by atoms with Crippen molar-refractivity contribution in [1.82, 2.24) is 0 Å². The number of carbonyl (C=O) groups is 1. The topological polar surface area (TPSA) is 38.8 Å². The summed E-state index contributed by atoms with van der Waals surface area (Å²) in [7, 11) is 0. The van der Waals surface area contributed by atoms with Crippen molar-refractivity contribution < 1.29 is 14.3 Å². The number of esters is 1. The molecule has 0 aromatic carbocycles. The third-order valence-electron chi connectivity index (χ3n) is 6.82. The van der Waals surface area contributed by atoms with Gasteiger partial charge in [-0.15, -0.1) is 0 Å². The van der Waals surface area contributed by atoms with E-state index in [4.69, 9.17) is 9.47 Å². The number of cyclic esters (lactones) is 1. The van der Waals surface area contributed by atoms with E-state index < -0.39 is 0 Å². The molecule has 0 saturated carbocycles. The first-order valence-corrected chi connectivity index (χ1v) is 12.7. The maximum Gasteiger partial charge on any atom is 0.306 e. The van der Waals surface area contributed by atoms with E-state index in [1.54, 1.807) is 0 Å². The van der Waals surface area contributed by atoms with E-state index in [1.165, 1.54) is 19.3 Å². The molecule has 1 fully saturated rings. The summed E-state index contributed by atoms with van der Waals surface area (Å²) in [5.41, 5.74) is 1.11. The van der Waals surface area contributed by atoms with Crippen molar-refractivity contribution in [2.24, 2.45) is 23.7 Å². The van der Waals surface area contributed by atoms with Crippen LogP contribution < -0.4 is 0 Å². The molecule has 2 heterocycles. The molecule has 0 aromatic rings. The monoisotopic (exact) mass is 430 g/mol. The first kappa shape index (κ1) is 25.9. The van der Waals surface area contributed by atoms with Gasteiger partial charge in [0.25, 0.3) is 0 Å². The Hall–Kier alpha value is -1.35. The van der Waals surface area contributed by atoms with Gasteiger partial charge in [-0.3, -0.25) is 4.79 Å². The molecule has 0 aliphatic carbocycles. The van der Waals surface area contributed by atoms with E-state index in [0.717, 1.165) is 31.3 Å². The molecule has 2 aliphatic heterocycles. The van der Waals surface area contributed by atoms with Crippen LogP contribution in [0.4, 0.5) is 0 Å². The van der Waals surface area contributed by atoms with Crippen LogP contribution in [0.25, 0.3) is 0 Å². The maximum absolute atomic E-state index is 12.4. The van der Waals surface area contributed by atoms with Gasteiger partial charge >= 0.3 is 5.97 Å². The molecular formula is C28H46O3. The summed E-state index contributed by atoms with van der Waals surface area (Å²) in [5, 5.41) is 0. The number of hydrogen-bond acceptors (Lipinski definition) is 3. The molecule has 0 radical (unpaired) electrons. The number of carbonyl (C=O) groups excluding carboxylic acids is 1. The zero-order valence-electron chi connectivity index (χ0n) is 20.8. The van der Waals surface area contributed by atoms with Crippen LogP contribution in [0, 0.1) is 23.7 Å². The minimum atomic E-state index is -0.190. The fraction of sp³-hybridized carbons (Fsp3) is 0.750. The molecule has 0 amide bonds. The van der Waals surface area contributed by atoms with Gasteiger partial charge in [0.15, 0.2) is 0 Å². The van der Waals surface area contributed by atoms with Crippen molar-refractivity contribution in [2.75, 3.05) is 0 Å². The highest BCUT2D eigenvalue weighted by atomic mass is 16.6. The summed E-state index contributed by atoms with van der Waals surface area (Å²) < 4.78 is 11.8. The van der Waals surface area contributed by atoms with Gasteiger partial charge in [-0.2, -0.15) is 0 Å². The van der Waals surface area contributed by atoms with E-state index in [1.807, 2.05) is 0 Å². The van der Waals surface area contributed by atoms with Crippen LogP contribution >= 0.6 is 0 Å². The van der Waals surface area contributed by atoms with Crippen LogP contribution in [0.15, 0.2) is 36.0 Å². The van der Waals surface area contributed by atoms with Crippen molar-refractivity contribution in [2.45, 2.75) is 111 Å². The smallest absolute Gasteiger partial charge is 0.306 e. The van der Waals surface area contributed by atoms with Crippen LogP contribution in [-0.2, 0) is 14.3 Å². The zero-order chi connectivity index (χ0) is 22.8.